The van der Waals surface area contributed by atoms with Crippen molar-refractivity contribution in [1.82, 2.24) is 10.6 Å². The summed E-state index contributed by atoms with van der Waals surface area (Å²) in [5.74, 6) is -0.644. The van der Waals surface area contributed by atoms with E-state index < -0.39 is 17.8 Å². The molecular formula is C19H19F3N2O2. The van der Waals surface area contributed by atoms with Crippen LogP contribution >= 0.6 is 0 Å². The highest BCUT2D eigenvalue weighted by Gasteiger charge is 2.30. The van der Waals surface area contributed by atoms with Gasteiger partial charge in [-0.1, -0.05) is 42.5 Å². The number of halogens is 3. The zero-order valence-corrected chi connectivity index (χ0v) is 14.1. The summed E-state index contributed by atoms with van der Waals surface area (Å²) in [5.41, 5.74) is 0.366. The number of rotatable bonds is 6. The summed E-state index contributed by atoms with van der Waals surface area (Å²) >= 11 is 0. The van der Waals surface area contributed by atoms with E-state index >= 15 is 0 Å². The number of carbonyl (C=O) groups excluding carboxylic acids is 2. The maximum Gasteiger partial charge on any atom is 0.416 e. The van der Waals surface area contributed by atoms with E-state index in [4.69, 9.17) is 0 Å². The smallest absolute Gasteiger partial charge is 0.352 e. The van der Waals surface area contributed by atoms with Crippen molar-refractivity contribution in [3.8, 4) is 0 Å². The molecule has 0 bridgehead atoms. The van der Waals surface area contributed by atoms with E-state index in [2.05, 4.69) is 10.6 Å². The van der Waals surface area contributed by atoms with Crippen LogP contribution in [0, 0.1) is 0 Å². The largest absolute Gasteiger partial charge is 0.416 e. The van der Waals surface area contributed by atoms with Crippen LogP contribution in [0.5, 0.6) is 0 Å². The van der Waals surface area contributed by atoms with Gasteiger partial charge in [-0.25, -0.2) is 0 Å². The van der Waals surface area contributed by atoms with Crippen LogP contribution in [-0.4, -0.2) is 11.8 Å². The maximum absolute atomic E-state index is 12.7. The molecule has 1 atom stereocenters. The Hall–Kier alpha value is -2.83. The molecule has 7 heteroatoms. The van der Waals surface area contributed by atoms with Crippen molar-refractivity contribution in [3.63, 3.8) is 0 Å². The Morgan fingerprint density at radius 3 is 2.35 bits per heavy atom. The van der Waals surface area contributed by atoms with Crippen molar-refractivity contribution < 1.29 is 22.8 Å². The van der Waals surface area contributed by atoms with Gasteiger partial charge in [0.15, 0.2) is 0 Å². The number of carbonyl (C=O) groups is 2. The molecule has 0 unspecified atom stereocenters. The quantitative estimate of drug-likeness (QED) is 0.823. The molecule has 0 saturated carbocycles. The number of amides is 2. The Morgan fingerprint density at radius 1 is 1.04 bits per heavy atom. The van der Waals surface area contributed by atoms with Crippen LogP contribution in [0.2, 0.25) is 0 Å². The summed E-state index contributed by atoms with van der Waals surface area (Å²) in [5, 5.41) is 5.30. The second-order valence-electron chi connectivity index (χ2n) is 5.84. The molecule has 4 nitrogen and oxygen atoms in total. The van der Waals surface area contributed by atoms with Crippen molar-refractivity contribution in [2.45, 2.75) is 32.1 Å². The van der Waals surface area contributed by atoms with Gasteiger partial charge >= 0.3 is 6.18 Å². The Labute approximate surface area is 149 Å². The van der Waals surface area contributed by atoms with Gasteiger partial charge < -0.3 is 10.6 Å². The predicted octanol–water partition coefficient (Wildman–Crippen LogP) is 3.59. The number of hydrogen-bond acceptors (Lipinski definition) is 2. The zero-order chi connectivity index (χ0) is 19.2. The molecule has 0 aliphatic rings. The van der Waals surface area contributed by atoms with Crippen molar-refractivity contribution in [2.75, 3.05) is 0 Å². The Morgan fingerprint density at radius 2 is 1.73 bits per heavy atom. The van der Waals surface area contributed by atoms with E-state index in [1.54, 1.807) is 24.3 Å². The fourth-order valence-electron chi connectivity index (χ4n) is 2.50. The molecule has 2 aromatic carbocycles. The summed E-state index contributed by atoms with van der Waals surface area (Å²) in [6, 6.07) is 13.3. The lowest BCUT2D eigenvalue weighted by molar-refractivity contribution is -0.137. The molecule has 2 N–H and O–H groups in total. The maximum atomic E-state index is 12.7. The van der Waals surface area contributed by atoms with Gasteiger partial charge in [0.1, 0.15) is 0 Å². The third kappa shape index (κ3) is 5.91. The van der Waals surface area contributed by atoms with Crippen molar-refractivity contribution >= 4 is 11.8 Å². The van der Waals surface area contributed by atoms with Crippen LogP contribution in [0.15, 0.2) is 54.6 Å². The zero-order valence-electron chi connectivity index (χ0n) is 14.1. The topological polar surface area (TPSA) is 58.2 Å². The SMILES string of the molecule is CC(=O)N[C@H](CC(=O)NCc1cccc(C(F)(F)F)c1)c1ccccc1. The van der Waals surface area contributed by atoms with E-state index in [1.165, 1.54) is 19.1 Å². The van der Waals surface area contributed by atoms with Crippen LogP contribution in [0.1, 0.15) is 36.1 Å². The molecule has 0 heterocycles. The third-order valence-corrected chi connectivity index (χ3v) is 3.71. The molecule has 0 radical (unpaired) electrons. The molecule has 2 amide bonds. The van der Waals surface area contributed by atoms with Crippen molar-refractivity contribution in [2.24, 2.45) is 0 Å². The van der Waals surface area contributed by atoms with Crippen LogP contribution in [0.4, 0.5) is 13.2 Å². The third-order valence-electron chi connectivity index (χ3n) is 3.71. The van der Waals surface area contributed by atoms with Gasteiger partial charge in [0.2, 0.25) is 11.8 Å². The summed E-state index contributed by atoms with van der Waals surface area (Å²) in [7, 11) is 0. The van der Waals surface area contributed by atoms with Crippen molar-refractivity contribution in [3.05, 3.63) is 71.3 Å². The first-order valence-corrected chi connectivity index (χ1v) is 8.00. The van der Waals surface area contributed by atoms with Gasteiger partial charge in [-0.15, -0.1) is 0 Å². The summed E-state index contributed by atoms with van der Waals surface area (Å²) in [4.78, 5) is 23.5. The van der Waals surface area contributed by atoms with Crippen LogP contribution in [0.25, 0.3) is 0 Å². The molecule has 26 heavy (non-hydrogen) atoms. The number of benzene rings is 2. The normalized spacial score (nSPS) is 12.3. The molecule has 138 valence electrons. The fourth-order valence-corrected chi connectivity index (χ4v) is 2.50. The fraction of sp³-hybridized carbons (Fsp3) is 0.263. The minimum atomic E-state index is -4.43. The molecule has 0 saturated heterocycles. The molecule has 2 aromatic rings. The first-order chi connectivity index (χ1) is 12.3. The Kier molecular flexibility index (Phi) is 6.38. The minimum Gasteiger partial charge on any atom is -0.352 e. The van der Waals surface area contributed by atoms with Gasteiger partial charge in [-0.3, -0.25) is 9.59 Å². The monoisotopic (exact) mass is 364 g/mol. The first-order valence-electron chi connectivity index (χ1n) is 8.00. The van der Waals surface area contributed by atoms with Crippen LogP contribution in [-0.2, 0) is 22.3 Å². The second-order valence-corrected chi connectivity index (χ2v) is 5.84. The van der Waals surface area contributed by atoms with Gasteiger partial charge in [0.05, 0.1) is 18.0 Å². The summed E-state index contributed by atoms with van der Waals surface area (Å²) in [6.07, 6.45) is -4.44. The summed E-state index contributed by atoms with van der Waals surface area (Å²) in [6.45, 7) is 1.33. The Balaban J connectivity index is 1.99. The average molecular weight is 364 g/mol. The van der Waals surface area contributed by atoms with E-state index in [9.17, 15) is 22.8 Å². The average Bonchev–Trinajstić information content (AvgIpc) is 2.59. The lowest BCUT2D eigenvalue weighted by Crippen LogP contribution is -2.32. The standard InChI is InChI=1S/C19H19F3N2O2/c1-13(25)24-17(15-7-3-2-4-8-15)11-18(26)23-12-14-6-5-9-16(10-14)19(20,21)22/h2-10,17H,11-12H2,1H3,(H,23,26)(H,24,25)/t17-/m1/s1. The second kappa shape index (κ2) is 8.51. The molecule has 2 rings (SSSR count). The lowest BCUT2D eigenvalue weighted by atomic mass is 10.0. The van der Waals surface area contributed by atoms with E-state index in [0.29, 0.717) is 5.56 Å². The van der Waals surface area contributed by atoms with Gasteiger partial charge in [0, 0.05) is 13.5 Å². The lowest BCUT2D eigenvalue weighted by Gasteiger charge is -2.18. The molecule has 0 aliphatic heterocycles. The molecule has 0 aliphatic carbocycles. The van der Waals surface area contributed by atoms with E-state index in [-0.39, 0.29) is 24.8 Å². The summed E-state index contributed by atoms with van der Waals surface area (Å²) < 4.78 is 38.2. The first kappa shape index (κ1) is 19.5. The van der Waals surface area contributed by atoms with Crippen LogP contribution in [0.3, 0.4) is 0 Å². The molecular weight excluding hydrogens is 345 g/mol. The molecule has 0 spiro atoms. The molecule has 0 fully saturated rings. The molecule has 0 aromatic heterocycles. The minimum absolute atomic E-state index is 0.0114. The van der Waals surface area contributed by atoms with Gasteiger partial charge in [-0.05, 0) is 23.3 Å². The highest BCUT2D eigenvalue weighted by atomic mass is 19.4. The number of hydrogen-bond donors (Lipinski definition) is 2. The Bertz CT molecular complexity index is 761. The van der Waals surface area contributed by atoms with Crippen molar-refractivity contribution in [1.29, 1.82) is 0 Å². The van der Waals surface area contributed by atoms with Crippen LogP contribution < -0.4 is 10.6 Å². The highest BCUT2D eigenvalue weighted by molar-refractivity contribution is 5.79. The predicted molar refractivity (Wildman–Crippen MR) is 90.9 cm³/mol. The van der Waals surface area contributed by atoms with E-state index in [0.717, 1.165) is 17.7 Å². The van der Waals surface area contributed by atoms with Gasteiger partial charge in [-0.2, -0.15) is 13.2 Å². The number of nitrogens with one attached hydrogen (secondary N) is 2. The van der Waals surface area contributed by atoms with Gasteiger partial charge in [0.25, 0.3) is 0 Å². The number of alkyl halides is 3. The van der Waals surface area contributed by atoms with E-state index in [1.807, 2.05) is 6.07 Å². The highest BCUT2D eigenvalue weighted by Crippen LogP contribution is 2.29.